The standard InChI is InChI=1S/C21H18ClN3O3/c1-23-21(28)19-17(10-11-24-19)20(27)25-16-8-2-13(3-9-16)12-18(26)14-4-6-15(22)7-5-14/h2-9,11H,10,12H2,1H3,(H,23,28)(H,25,27). The maximum atomic E-state index is 12.4. The topological polar surface area (TPSA) is 87.6 Å². The Hall–Kier alpha value is -3.25. The monoisotopic (exact) mass is 395 g/mol. The van der Waals surface area contributed by atoms with Gasteiger partial charge >= 0.3 is 0 Å². The Morgan fingerprint density at radius 3 is 2.32 bits per heavy atom. The predicted molar refractivity (Wildman–Crippen MR) is 109 cm³/mol. The van der Waals surface area contributed by atoms with E-state index in [1.54, 1.807) is 48.5 Å². The quantitative estimate of drug-likeness (QED) is 0.736. The Morgan fingerprint density at radius 2 is 1.68 bits per heavy atom. The number of ketones is 1. The van der Waals surface area contributed by atoms with Crippen molar-refractivity contribution in [1.29, 1.82) is 0 Å². The van der Waals surface area contributed by atoms with E-state index in [0.717, 1.165) is 5.56 Å². The summed E-state index contributed by atoms with van der Waals surface area (Å²) >= 11 is 5.84. The van der Waals surface area contributed by atoms with Crippen molar-refractivity contribution < 1.29 is 14.4 Å². The molecule has 7 heteroatoms. The van der Waals surface area contributed by atoms with Gasteiger partial charge in [-0.3, -0.25) is 19.4 Å². The largest absolute Gasteiger partial charge is 0.354 e. The first-order valence-corrected chi connectivity index (χ1v) is 9.02. The molecule has 0 radical (unpaired) electrons. The second-order valence-electron chi connectivity index (χ2n) is 6.18. The van der Waals surface area contributed by atoms with E-state index in [-0.39, 0.29) is 23.8 Å². The molecule has 142 valence electrons. The van der Waals surface area contributed by atoms with Crippen LogP contribution in [0.15, 0.2) is 64.8 Å². The fourth-order valence-electron chi connectivity index (χ4n) is 2.75. The van der Waals surface area contributed by atoms with E-state index in [2.05, 4.69) is 15.6 Å². The SMILES string of the molecule is CNC(=O)C1=C(C(=O)Nc2ccc(CC(=O)c3ccc(Cl)cc3)cc2)CC=N1. The molecule has 6 nitrogen and oxygen atoms in total. The van der Waals surface area contributed by atoms with Crippen LogP contribution in [0.4, 0.5) is 5.69 Å². The summed E-state index contributed by atoms with van der Waals surface area (Å²) in [6, 6.07) is 13.8. The number of halogens is 1. The summed E-state index contributed by atoms with van der Waals surface area (Å²) in [6.45, 7) is 0. The van der Waals surface area contributed by atoms with Gasteiger partial charge in [0.25, 0.3) is 11.8 Å². The van der Waals surface area contributed by atoms with Crippen molar-refractivity contribution in [3.05, 3.63) is 76.0 Å². The molecule has 0 aliphatic carbocycles. The molecule has 1 aliphatic rings. The van der Waals surface area contributed by atoms with Crippen LogP contribution in [0.2, 0.25) is 5.02 Å². The van der Waals surface area contributed by atoms with Crippen LogP contribution in [0.5, 0.6) is 0 Å². The third kappa shape index (κ3) is 4.53. The molecule has 0 atom stereocenters. The molecule has 0 spiro atoms. The molecule has 0 saturated carbocycles. The fraction of sp³-hybridized carbons (Fsp3) is 0.143. The van der Waals surface area contributed by atoms with Crippen molar-refractivity contribution in [3.63, 3.8) is 0 Å². The van der Waals surface area contributed by atoms with Crippen molar-refractivity contribution in [2.24, 2.45) is 4.99 Å². The van der Waals surface area contributed by atoms with Gasteiger partial charge < -0.3 is 10.6 Å². The summed E-state index contributed by atoms with van der Waals surface area (Å²) in [7, 11) is 1.49. The van der Waals surface area contributed by atoms with Gasteiger partial charge in [0.05, 0.1) is 5.57 Å². The first-order valence-electron chi connectivity index (χ1n) is 8.64. The minimum Gasteiger partial charge on any atom is -0.354 e. The lowest BCUT2D eigenvalue weighted by atomic mass is 10.0. The van der Waals surface area contributed by atoms with Crippen molar-refractivity contribution in [2.75, 3.05) is 12.4 Å². The van der Waals surface area contributed by atoms with Gasteiger partial charge in [0, 0.05) is 42.4 Å². The highest BCUT2D eigenvalue weighted by Crippen LogP contribution is 2.19. The summed E-state index contributed by atoms with van der Waals surface area (Å²) in [5.74, 6) is -0.784. The van der Waals surface area contributed by atoms with E-state index in [1.165, 1.54) is 13.3 Å². The Morgan fingerprint density at radius 1 is 1.00 bits per heavy atom. The molecule has 0 unspecified atom stereocenters. The zero-order valence-corrected chi connectivity index (χ0v) is 15.9. The van der Waals surface area contributed by atoms with E-state index in [9.17, 15) is 14.4 Å². The number of hydrogen-bond donors (Lipinski definition) is 2. The number of nitrogens with one attached hydrogen (secondary N) is 2. The molecule has 2 aromatic rings. The molecule has 0 bridgehead atoms. The van der Waals surface area contributed by atoms with E-state index in [1.807, 2.05) is 0 Å². The van der Waals surface area contributed by atoms with Crippen LogP contribution in [0, 0.1) is 0 Å². The lowest BCUT2D eigenvalue weighted by molar-refractivity contribution is -0.118. The molecular formula is C21H18ClN3O3. The van der Waals surface area contributed by atoms with Crippen LogP contribution in [-0.4, -0.2) is 30.9 Å². The molecule has 1 aliphatic heterocycles. The number of hydrogen-bond acceptors (Lipinski definition) is 4. The van der Waals surface area contributed by atoms with Gasteiger partial charge in [-0.1, -0.05) is 23.7 Å². The van der Waals surface area contributed by atoms with Crippen LogP contribution < -0.4 is 10.6 Å². The van der Waals surface area contributed by atoms with E-state index < -0.39 is 5.91 Å². The zero-order chi connectivity index (χ0) is 20.1. The van der Waals surface area contributed by atoms with Gasteiger partial charge in [0.15, 0.2) is 5.78 Å². The molecular weight excluding hydrogens is 378 g/mol. The molecule has 3 rings (SSSR count). The maximum absolute atomic E-state index is 12.4. The molecule has 28 heavy (non-hydrogen) atoms. The molecule has 0 fully saturated rings. The van der Waals surface area contributed by atoms with Gasteiger partial charge in [-0.05, 0) is 42.0 Å². The highest BCUT2D eigenvalue weighted by molar-refractivity contribution is 6.30. The van der Waals surface area contributed by atoms with Gasteiger partial charge in [0.2, 0.25) is 0 Å². The van der Waals surface area contributed by atoms with Crippen LogP contribution in [0.3, 0.4) is 0 Å². The van der Waals surface area contributed by atoms with E-state index in [0.29, 0.717) is 28.3 Å². The number of aliphatic imine (C=N–C) groups is 1. The van der Waals surface area contributed by atoms with Gasteiger partial charge in [-0.15, -0.1) is 0 Å². The summed E-state index contributed by atoms with van der Waals surface area (Å²) in [6.07, 6.45) is 2.09. The predicted octanol–water partition coefficient (Wildman–Crippen LogP) is 3.18. The number of carbonyl (C=O) groups is 3. The van der Waals surface area contributed by atoms with Crippen molar-refractivity contribution in [1.82, 2.24) is 5.32 Å². The fourth-order valence-corrected chi connectivity index (χ4v) is 2.88. The maximum Gasteiger partial charge on any atom is 0.270 e. The molecule has 0 aromatic heterocycles. The number of rotatable bonds is 6. The second kappa shape index (κ2) is 8.63. The number of Topliss-reactive ketones (excluding diaryl/α,β-unsaturated/α-hetero) is 1. The van der Waals surface area contributed by atoms with Crippen LogP contribution in [0.25, 0.3) is 0 Å². The van der Waals surface area contributed by atoms with Crippen molar-refractivity contribution in [3.8, 4) is 0 Å². The van der Waals surface area contributed by atoms with Crippen LogP contribution >= 0.6 is 11.6 Å². The van der Waals surface area contributed by atoms with E-state index >= 15 is 0 Å². The summed E-state index contributed by atoms with van der Waals surface area (Å²) in [5.41, 5.74) is 2.44. The first kappa shape index (κ1) is 19.5. The Labute approximate surface area is 167 Å². The normalized spacial score (nSPS) is 12.8. The smallest absolute Gasteiger partial charge is 0.270 e. The number of amides is 2. The number of nitrogens with zero attached hydrogens (tertiary/aromatic N) is 1. The average molecular weight is 396 g/mol. The van der Waals surface area contributed by atoms with Gasteiger partial charge in [0.1, 0.15) is 5.70 Å². The van der Waals surface area contributed by atoms with Gasteiger partial charge in [-0.25, -0.2) is 0 Å². The summed E-state index contributed by atoms with van der Waals surface area (Å²) < 4.78 is 0. The highest BCUT2D eigenvalue weighted by Gasteiger charge is 2.23. The Kier molecular flexibility index (Phi) is 6.01. The Bertz CT molecular complexity index is 977. The zero-order valence-electron chi connectivity index (χ0n) is 15.2. The van der Waals surface area contributed by atoms with Crippen LogP contribution in [0.1, 0.15) is 22.3 Å². The lowest BCUT2D eigenvalue weighted by Crippen LogP contribution is -2.23. The Balaban J connectivity index is 1.64. The summed E-state index contributed by atoms with van der Waals surface area (Å²) in [5, 5.41) is 5.81. The van der Waals surface area contributed by atoms with E-state index in [4.69, 9.17) is 11.6 Å². The third-order valence-electron chi connectivity index (χ3n) is 4.26. The third-order valence-corrected chi connectivity index (χ3v) is 4.51. The van der Waals surface area contributed by atoms with Gasteiger partial charge in [-0.2, -0.15) is 0 Å². The molecule has 2 amide bonds. The first-order chi connectivity index (χ1) is 13.5. The number of carbonyl (C=O) groups excluding carboxylic acids is 3. The lowest BCUT2D eigenvalue weighted by Gasteiger charge is -2.08. The molecule has 2 aromatic carbocycles. The molecule has 1 heterocycles. The highest BCUT2D eigenvalue weighted by atomic mass is 35.5. The van der Waals surface area contributed by atoms with Crippen molar-refractivity contribution >= 4 is 41.1 Å². The van der Waals surface area contributed by atoms with Crippen LogP contribution in [-0.2, 0) is 16.0 Å². The number of likely N-dealkylation sites (N-methyl/N-ethyl adjacent to an activating group) is 1. The average Bonchev–Trinajstić information content (AvgIpc) is 3.19. The minimum absolute atomic E-state index is 0.0167. The number of anilines is 1. The minimum atomic E-state index is -0.394. The molecule has 0 saturated heterocycles. The second-order valence-corrected chi connectivity index (χ2v) is 6.62. The molecule has 2 N–H and O–H groups in total. The number of benzene rings is 2. The summed E-state index contributed by atoms with van der Waals surface area (Å²) in [4.78, 5) is 40.5. The van der Waals surface area contributed by atoms with Crippen molar-refractivity contribution in [2.45, 2.75) is 12.8 Å².